The molecule has 0 aliphatic heterocycles. The van der Waals surface area contributed by atoms with E-state index in [0.29, 0.717) is 23.4 Å². The highest BCUT2D eigenvalue weighted by molar-refractivity contribution is 6.14. The molecule has 1 N–H and O–H groups in total. The molecule has 144 valence electrons. The monoisotopic (exact) mass is 385 g/mol. The van der Waals surface area contributed by atoms with Crippen molar-refractivity contribution in [3.8, 4) is 0 Å². The van der Waals surface area contributed by atoms with Crippen molar-refractivity contribution < 1.29 is 14.3 Å². The summed E-state index contributed by atoms with van der Waals surface area (Å²) in [7, 11) is 1.31. The van der Waals surface area contributed by atoms with Gasteiger partial charge in [-0.15, -0.1) is 0 Å². The van der Waals surface area contributed by atoms with Gasteiger partial charge in [-0.3, -0.25) is 9.78 Å². The molecule has 0 fully saturated rings. The Hall–Kier alpha value is -3.93. The predicted molar refractivity (Wildman–Crippen MR) is 111 cm³/mol. The molecule has 0 unspecified atom stereocenters. The van der Waals surface area contributed by atoms with Gasteiger partial charge in [0.25, 0.3) is 5.91 Å². The number of hydrogen-bond acceptors (Lipinski definition) is 4. The van der Waals surface area contributed by atoms with E-state index in [1.807, 2.05) is 53.2 Å². The maximum atomic E-state index is 13.1. The van der Waals surface area contributed by atoms with Crippen LogP contribution in [0.2, 0.25) is 0 Å². The first kappa shape index (κ1) is 18.4. The number of benzene rings is 2. The number of esters is 1. The minimum Gasteiger partial charge on any atom is -0.465 e. The van der Waals surface area contributed by atoms with E-state index in [0.717, 1.165) is 16.6 Å². The number of fused-ring (bicyclic) bond motifs is 1. The first-order valence-electron chi connectivity index (χ1n) is 9.14. The Morgan fingerprint density at radius 1 is 0.966 bits per heavy atom. The molecule has 4 rings (SSSR count). The van der Waals surface area contributed by atoms with Crippen LogP contribution in [0.3, 0.4) is 0 Å². The van der Waals surface area contributed by atoms with Gasteiger partial charge in [-0.1, -0.05) is 36.4 Å². The van der Waals surface area contributed by atoms with Gasteiger partial charge in [0.05, 0.1) is 36.2 Å². The van der Waals surface area contributed by atoms with E-state index in [2.05, 4.69) is 10.3 Å². The van der Waals surface area contributed by atoms with E-state index in [1.165, 1.54) is 7.11 Å². The Bertz CT molecular complexity index is 1180. The van der Waals surface area contributed by atoms with Crippen LogP contribution < -0.4 is 5.32 Å². The van der Waals surface area contributed by atoms with Crippen LogP contribution in [0.4, 0.5) is 5.69 Å². The molecule has 0 saturated heterocycles. The summed E-state index contributed by atoms with van der Waals surface area (Å²) in [6.07, 6.45) is 3.56. The van der Waals surface area contributed by atoms with Gasteiger partial charge in [0.2, 0.25) is 0 Å². The molecule has 0 bridgehead atoms. The maximum absolute atomic E-state index is 13.1. The van der Waals surface area contributed by atoms with E-state index in [9.17, 15) is 9.59 Å². The lowest BCUT2D eigenvalue weighted by atomic mass is 10.1. The summed E-state index contributed by atoms with van der Waals surface area (Å²) in [5, 5.41) is 3.67. The number of ether oxygens (including phenoxy) is 1. The van der Waals surface area contributed by atoms with Crippen LogP contribution in [0, 0.1) is 0 Å². The zero-order chi connectivity index (χ0) is 20.2. The molecule has 0 aliphatic rings. The molecule has 6 heteroatoms. The largest absolute Gasteiger partial charge is 0.465 e. The number of rotatable bonds is 5. The summed E-state index contributed by atoms with van der Waals surface area (Å²) in [5.41, 5.74) is 3.07. The van der Waals surface area contributed by atoms with Gasteiger partial charge in [0.1, 0.15) is 0 Å². The summed E-state index contributed by atoms with van der Waals surface area (Å²) in [4.78, 5) is 29.4. The molecule has 1 amide bonds. The molecular formula is C23H19N3O3. The van der Waals surface area contributed by atoms with Gasteiger partial charge in [0.15, 0.2) is 0 Å². The van der Waals surface area contributed by atoms with E-state index in [4.69, 9.17) is 4.74 Å². The number of methoxy groups -OCH3 is 1. The maximum Gasteiger partial charge on any atom is 0.339 e. The molecule has 2 aromatic carbocycles. The summed E-state index contributed by atoms with van der Waals surface area (Å²) >= 11 is 0. The zero-order valence-corrected chi connectivity index (χ0v) is 15.8. The van der Waals surface area contributed by atoms with Crippen molar-refractivity contribution in [2.75, 3.05) is 12.4 Å². The third kappa shape index (κ3) is 3.73. The average Bonchev–Trinajstić information content (AvgIpc) is 3.13. The van der Waals surface area contributed by atoms with Gasteiger partial charge in [0, 0.05) is 23.3 Å². The van der Waals surface area contributed by atoms with Crippen molar-refractivity contribution in [2.24, 2.45) is 0 Å². The third-order valence-electron chi connectivity index (χ3n) is 4.67. The second-order valence-electron chi connectivity index (χ2n) is 6.50. The highest BCUT2D eigenvalue weighted by Gasteiger charge is 2.18. The molecule has 2 heterocycles. The van der Waals surface area contributed by atoms with Crippen LogP contribution in [0.5, 0.6) is 0 Å². The number of carbonyl (C=O) groups excluding carboxylic acids is 2. The van der Waals surface area contributed by atoms with Crippen LogP contribution in [-0.2, 0) is 11.3 Å². The minimum absolute atomic E-state index is 0.294. The van der Waals surface area contributed by atoms with Gasteiger partial charge in [-0.25, -0.2) is 4.79 Å². The van der Waals surface area contributed by atoms with Crippen molar-refractivity contribution >= 4 is 28.5 Å². The number of nitrogens with zero attached hydrogens (tertiary/aromatic N) is 2. The number of carbonyl (C=O) groups is 2. The van der Waals surface area contributed by atoms with Crippen LogP contribution in [0.25, 0.3) is 10.9 Å². The Balaban J connectivity index is 1.70. The van der Waals surface area contributed by atoms with E-state index in [1.54, 1.807) is 30.5 Å². The minimum atomic E-state index is -0.501. The van der Waals surface area contributed by atoms with Crippen molar-refractivity contribution in [2.45, 2.75) is 6.54 Å². The Morgan fingerprint density at radius 3 is 2.52 bits per heavy atom. The molecule has 29 heavy (non-hydrogen) atoms. The van der Waals surface area contributed by atoms with Crippen LogP contribution in [-0.4, -0.2) is 28.5 Å². The van der Waals surface area contributed by atoms with Crippen molar-refractivity contribution in [3.63, 3.8) is 0 Å². The number of nitrogens with one attached hydrogen (secondary N) is 1. The van der Waals surface area contributed by atoms with E-state index < -0.39 is 5.97 Å². The highest BCUT2D eigenvalue weighted by atomic mass is 16.5. The smallest absolute Gasteiger partial charge is 0.339 e. The second-order valence-corrected chi connectivity index (χ2v) is 6.50. The van der Waals surface area contributed by atoms with Gasteiger partial charge in [-0.05, 0) is 30.3 Å². The normalized spacial score (nSPS) is 10.7. The number of anilines is 1. The Kier molecular flexibility index (Phi) is 5.07. The number of pyridine rings is 1. The molecule has 0 spiro atoms. The predicted octanol–water partition coefficient (Wildman–Crippen LogP) is 4.12. The molecular weight excluding hydrogens is 366 g/mol. The zero-order valence-electron chi connectivity index (χ0n) is 15.8. The standard InChI is InChI=1S/C23H19N3O3/c1-29-23(28)18-10-2-4-11-20(18)25-22(27)19-15-26(14-16-8-6-7-13-24-16)21-12-5-3-9-17(19)21/h2-13,15H,14H2,1H3,(H,25,27). The lowest BCUT2D eigenvalue weighted by Gasteiger charge is -2.09. The number of hydrogen-bond donors (Lipinski definition) is 1. The first-order chi connectivity index (χ1) is 14.2. The summed E-state index contributed by atoms with van der Waals surface area (Å²) in [6, 6.07) is 20.2. The van der Waals surface area contributed by atoms with Gasteiger partial charge >= 0.3 is 5.97 Å². The molecule has 0 atom stereocenters. The topological polar surface area (TPSA) is 73.2 Å². The number of aromatic nitrogens is 2. The Morgan fingerprint density at radius 2 is 1.72 bits per heavy atom. The second kappa shape index (κ2) is 7.98. The van der Waals surface area contributed by atoms with Crippen molar-refractivity contribution in [1.29, 1.82) is 0 Å². The van der Waals surface area contributed by atoms with Crippen molar-refractivity contribution in [3.05, 3.63) is 95.9 Å². The van der Waals surface area contributed by atoms with Gasteiger partial charge in [-0.2, -0.15) is 0 Å². The number of para-hydroxylation sites is 2. The molecule has 4 aromatic rings. The highest BCUT2D eigenvalue weighted by Crippen LogP contribution is 2.24. The molecule has 6 nitrogen and oxygen atoms in total. The molecule has 2 aromatic heterocycles. The lowest BCUT2D eigenvalue weighted by molar-refractivity contribution is 0.0602. The average molecular weight is 385 g/mol. The van der Waals surface area contributed by atoms with Crippen LogP contribution >= 0.6 is 0 Å². The lowest BCUT2D eigenvalue weighted by Crippen LogP contribution is -2.15. The summed E-state index contributed by atoms with van der Waals surface area (Å²) < 4.78 is 6.80. The van der Waals surface area contributed by atoms with E-state index in [-0.39, 0.29) is 5.91 Å². The Labute approximate surface area is 167 Å². The molecule has 0 saturated carbocycles. The van der Waals surface area contributed by atoms with E-state index >= 15 is 0 Å². The fraction of sp³-hybridized carbons (Fsp3) is 0.0870. The third-order valence-corrected chi connectivity index (χ3v) is 4.67. The summed E-state index contributed by atoms with van der Waals surface area (Å²) in [5.74, 6) is -0.796. The number of amides is 1. The molecule has 0 aliphatic carbocycles. The fourth-order valence-corrected chi connectivity index (χ4v) is 3.29. The van der Waals surface area contributed by atoms with Crippen LogP contribution in [0.15, 0.2) is 79.1 Å². The first-order valence-corrected chi connectivity index (χ1v) is 9.14. The van der Waals surface area contributed by atoms with Gasteiger partial charge < -0.3 is 14.6 Å². The summed E-state index contributed by atoms with van der Waals surface area (Å²) in [6.45, 7) is 0.549. The fourth-order valence-electron chi connectivity index (χ4n) is 3.29. The molecule has 0 radical (unpaired) electrons. The quantitative estimate of drug-likeness (QED) is 0.525. The van der Waals surface area contributed by atoms with Crippen molar-refractivity contribution in [1.82, 2.24) is 9.55 Å². The SMILES string of the molecule is COC(=O)c1ccccc1NC(=O)c1cn(Cc2ccccn2)c2ccccc12. The van der Waals surface area contributed by atoms with Crippen LogP contribution in [0.1, 0.15) is 26.4 Å².